The second kappa shape index (κ2) is 3.75. The number of aromatic nitrogens is 1. The summed E-state index contributed by atoms with van der Waals surface area (Å²) < 4.78 is 0. The molecular formula is C15H17ClN2. The summed E-state index contributed by atoms with van der Waals surface area (Å²) in [6.45, 7) is 1.01. The van der Waals surface area contributed by atoms with E-state index >= 15 is 0 Å². The van der Waals surface area contributed by atoms with Crippen LogP contribution in [0.2, 0.25) is 0 Å². The number of likely N-dealkylation sites (N-methyl/N-ethyl adjacent to an activating group) is 1. The van der Waals surface area contributed by atoms with E-state index in [0.29, 0.717) is 12.0 Å². The fourth-order valence-electron chi connectivity index (χ4n) is 3.88. The number of piperidine rings is 1. The molecule has 0 unspecified atom stereocenters. The van der Waals surface area contributed by atoms with Crippen LogP contribution in [0, 0.1) is 0 Å². The van der Waals surface area contributed by atoms with Gasteiger partial charge < -0.3 is 9.88 Å². The number of hydrogen-bond acceptors (Lipinski definition) is 1. The fraction of sp³-hybridized carbons (Fsp3) is 0.467. The van der Waals surface area contributed by atoms with Crippen molar-refractivity contribution in [3.63, 3.8) is 0 Å². The number of likely N-dealkylation sites (tertiary alicyclic amines) is 1. The number of rotatable bonds is 0. The quantitative estimate of drug-likeness (QED) is 0.721. The molecule has 2 nitrogen and oxygen atoms in total. The van der Waals surface area contributed by atoms with E-state index in [2.05, 4.69) is 41.3 Å². The average Bonchev–Trinajstić information content (AvgIpc) is 2.76. The Labute approximate surface area is 112 Å². The van der Waals surface area contributed by atoms with E-state index in [9.17, 15) is 0 Å². The number of H-pyrrole nitrogens is 1. The lowest BCUT2D eigenvalue weighted by Gasteiger charge is -2.44. The van der Waals surface area contributed by atoms with Crippen LogP contribution < -0.4 is 0 Å². The fourth-order valence-corrected chi connectivity index (χ4v) is 4.29. The predicted octanol–water partition coefficient (Wildman–Crippen LogP) is 3.12. The van der Waals surface area contributed by atoms with Crippen LogP contribution in [0.3, 0.4) is 0 Å². The lowest BCUT2D eigenvalue weighted by molar-refractivity contribution is 0.160. The molecule has 0 amide bonds. The van der Waals surface area contributed by atoms with Crippen molar-refractivity contribution in [2.75, 3.05) is 13.6 Å². The molecule has 1 aromatic heterocycles. The van der Waals surface area contributed by atoms with Gasteiger partial charge in [-0.25, -0.2) is 0 Å². The topological polar surface area (TPSA) is 19.0 Å². The normalized spacial score (nSPS) is 31.6. The van der Waals surface area contributed by atoms with Gasteiger partial charge in [-0.2, -0.15) is 0 Å². The molecule has 2 heterocycles. The van der Waals surface area contributed by atoms with Crippen LogP contribution in [0.15, 0.2) is 24.4 Å². The Morgan fingerprint density at radius 2 is 2.28 bits per heavy atom. The van der Waals surface area contributed by atoms with Crippen LogP contribution in [-0.4, -0.2) is 34.9 Å². The standard InChI is InChI=1S/C15H17ClN2/c1-18-8-10(16)6-12-11-3-2-4-13-15(11)9(7-17-13)5-14(12)18/h2-4,7,10,12,14,17H,5-6,8H2,1H3/t10-,12+,14+/m0/s1. The molecule has 1 aromatic carbocycles. The summed E-state index contributed by atoms with van der Waals surface area (Å²) in [4.78, 5) is 5.85. The van der Waals surface area contributed by atoms with Crippen LogP contribution in [0.1, 0.15) is 23.5 Å². The molecule has 0 saturated carbocycles. The van der Waals surface area contributed by atoms with Gasteiger partial charge in [-0.05, 0) is 37.1 Å². The first-order valence-corrected chi connectivity index (χ1v) is 7.11. The zero-order valence-corrected chi connectivity index (χ0v) is 11.2. The highest BCUT2D eigenvalue weighted by molar-refractivity contribution is 6.20. The molecule has 0 radical (unpaired) electrons. The molecule has 2 aromatic rings. The van der Waals surface area contributed by atoms with Gasteiger partial charge in [0.15, 0.2) is 0 Å². The van der Waals surface area contributed by atoms with E-state index in [1.54, 1.807) is 0 Å². The Balaban J connectivity index is 1.92. The van der Waals surface area contributed by atoms with Gasteiger partial charge in [0.1, 0.15) is 0 Å². The number of hydrogen-bond donors (Lipinski definition) is 1. The number of alkyl halides is 1. The Hall–Kier alpha value is -0.990. The molecule has 18 heavy (non-hydrogen) atoms. The zero-order valence-electron chi connectivity index (χ0n) is 10.5. The molecule has 1 saturated heterocycles. The van der Waals surface area contributed by atoms with E-state index in [4.69, 9.17) is 11.6 Å². The molecule has 3 atom stereocenters. The highest BCUT2D eigenvalue weighted by atomic mass is 35.5. The highest BCUT2D eigenvalue weighted by Crippen LogP contribution is 2.43. The maximum Gasteiger partial charge on any atom is 0.0469 e. The van der Waals surface area contributed by atoms with Crippen molar-refractivity contribution >= 4 is 22.5 Å². The molecule has 1 fully saturated rings. The van der Waals surface area contributed by atoms with Gasteiger partial charge in [-0.3, -0.25) is 0 Å². The third-order valence-corrected chi connectivity index (χ3v) is 4.99. The monoisotopic (exact) mass is 260 g/mol. The number of fused-ring (bicyclic) bond motifs is 2. The molecule has 3 heteroatoms. The second-order valence-corrected chi connectivity index (χ2v) is 6.35. The van der Waals surface area contributed by atoms with E-state index < -0.39 is 0 Å². The van der Waals surface area contributed by atoms with Gasteiger partial charge in [0, 0.05) is 41.0 Å². The third-order valence-electron chi connectivity index (χ3n) is 4.67. The zero-order chi connectivity index (χ0) is 12.3. The summed E-state index contributed by atoms with van der Waals surface area (Å²) >= 11 is 6.42. The van der Waals surface area contributed by atoms with Crippen molar-refractivity contribution in [2.45, 2.75) is 30.2 Å². The van der Waals surface area contributed by atoms with E-state index in [-0.39, 0.29) is 5.38 Å². The first-order valence-electron chi connectivity index (χ1n) is 6.67. The predicted molar refractivity (Wildman–Crippen MR) is 75.4 cm³/mol. The Bertz CT molecular complexity index is 604. The van der Waals surface area contributed by atoms with Gasteiger partial charge in [-0.1, -0.05) is 12.1 Å². The molecule has 1 N–H and O–H groups in total. The summed E-state index contributed by atoms with van der Waals surface area (Å²) in [6, 6.07) is 7.25. The summed E-state index contributed by atoms with van der Waals surface area (Å²) in [5.41, 5.74) is 4.25. The highest BCUT2D eigenvalue weighted by Gasteiger charge is 2.38. The molecular weight excluding hydrogens is 244 g/mol. The summed E-state index contributed by atoms with van der Waals surface area (Å²) in [5.74, 6) is 0.596. The molecule has 94 valence electrons. The van der Waals surface area contributed by atoms with E-state index in [1.165, 1.54) is 22.0 Å². The van der Waals surface area contributed by atoms with Gasteiger partial charge >= 0.3 is 0 Å². The Kier molecular flexibility index (Phi) is 2.27. The molecule has 2 aliphatic rings. The minimum Gasteiger partial charge on any atom is -0.361 e. The second-order valence-electron chi connectivity index (χ2n) is 5.73. The van der Waals surface area contributed by atoms with Crippen molar-refractivity contribution < 1.29 is 0 Å². The number of nitrogens with zero attached hydrogens (tertiary/aromatic N) is 1. The maximum atomic E-state index is 6.42. The number of benzene rings is 1. The van der Waals surface area contributed by atoms with Gasteiger partial charge in [0.2, 0.25) is 0 Å². The SMILES string of the molecule is CN1C[C@@H](Cl)C[C@@H]2c3cccc4[nH]cc(c34)C[C@H]21. The van der Waals surface area contributed by atoms with Crippen LogP contribution in [0.4, 0.5) is 0 Å². The lowest BCUT2D eigenvalue weighted by atomic mass is 9.75. The van der Waals surface area contributed by atoms with Crippen molar-refractivity contribution in [1.82, 2.24) is 9.88 Å². The average molecular weight is 261 g/mol. The molecule has 0 bridgehead atoms. The van der Waals surface area contributed by atoms with E-state index in [0.717, 1.165) is 19.4 Å². The first kappa shape index (κ1) is 10.9. The largest absolute Gasteiger partial charge is 0.361 e. The van der Waals surface area contributed by atoms with Gasteiger partial charge in [0.05, 0.1) is 0 Å². The molecule has 4 rings (SSSR count). The van der Waals surface area contributed by atoms with Crippen molar-refractivity contribution in [2.24, 2.45) is 0 Å². The van der Waals surface area contributed by atoms with Crippen LogP contribution in [-0.2, 0) is 6.42 Å². The lowest BCUT2D eigenvalue weighted by Crippen LogP contribution is -2.48. The van der Waals surface area contributed by atoms with E-state index in [1.807, 2.05) is 0 Å². The van der Waals surface area contributed by atoms with Crippen LogP contribution >= 0.6 is 11.6 Å². The van der Waals surface area contributed by atoms with Gasteiger partial charge in [0.25, 0.3) is 0 Å². The Morgan fingerprint density at radius 1 is 1.39 bits per heavy atom. The minimum absolute atomic E-state index is 0.284. The van der Waals surface area contributed by atoms with Crippen LogP contribution in [0.25, 0.3) is 10.9 Å². The number of nitrogens with one attached hydrogen (secondary N) is 1. The first-order chi connectivity index (χ1) is 8.74. The third kappa shape index (κ3) is 1.39. The van der Waals surface area contributed by atoms with Crippen molar-refractivity contribution in [1.29, 1.82) is 0 Å². The Morgan fingerprint density at radius 3 is 3.17 bits per heavy atom. The van der Waals surface area contributed by atoms with Crippen molar-refractivity contribution in [3.05, 3.63) is 35.5 Å². The molecule has 1 aliphatic carbocycles. The van der Waals surface area contributed by atoms with Crippen LogP contribution in [0.5, 0.6) is 0 Å². The summed E-state index contributed by atoms with van der Waals surface area (Å²) in [5, 5.41) is 1.74. The summed E-state index contributed by atoms with van der Waals surface area (Å²) in [6.07, 6.45) is 4.45. The summed E-state index contributed by atoms with van der Waals surface area (Å²) in [7, 11) is 2.21. The molecule has 0 spiro atoms. The van der Waals surface area contributed by atoms with Gasteiger partial charge in [-0.15, -0.1) is 11.6 Å². The molecule has 1 aliphatic heterocycles. The van der Waals surface area contributed by atoms with Crippen molar-refractivity contribution in [3.8, 4) is 0 Å². The smallest absolute Gasteiger partial charge is 0.0469 e. The number of aromatic amines is 1. The minimum atomic E-state index is 0.284. The number of halogens is 1. The maximum absolute atomic E-state index is 6.42.